The third kappa shape index (κ3) is 4.93. The molecule has 0 saturated carbocycles. The molecule has 1 heterocycles. The Labute approximate surface area is 190 Å². The van der Waals surface area contributed by atoms with E-state index in [1.54, 1.807) is 31.2 Å². The number of thioether (sulfide) groups is 1. The van der Waals surface area contributed by atoms with Crippen molar-refractivity contribution < 1.29 is 14.6 Å². The van der Waals surface area contributed by atoms with E-state index in [0.717, 1.165) is 0 Å². The third-order valence-corrected chi connectivity index (χ3v) is 6.23. The molecule has 0 bridgehead atoms. The Balaban J connectivity index is 2.10. The molecule has 0 spiro atoms. The van der Waals surface area contributed by atoms with Crippen LogP contribution in [0.25, 0.3) is 4.85 Å². The van der Waals surface area contributed by atoms with Crippen LogP contribution in [0, 0.1) is 6.57 Å². The SMILES string of the molecule is [C-]#[N+]C1C(SCCO)=NC(C)=C(C(=O)Nc2ccccc2OC)C1c1ccccc1Cl. The average molecular weight is 456 g/mol. The maximum absolute atomic E-state index is 13.4. The lowest BCUT2D eigenvalue weighted by atomic mass is 9.82. The van der Waals surface area contributed by atoms with Crippen LogP contribution >= 0.6 is 23.4 Å². The second-order valence-electron chi connectivity index (χ2n) is 6.75. The van der Waals surface area contributed by atoms with E-state index in [0.29, 0.717) is 44.1 Å². The fourth-order valence-electron chi connectivity index (χ4n) is 3.51. The maximum atomic E-state index is 13.4. The van der Waals surface area contributed by atoms with Gasteiger partial charge in [-0.2, -0.15) is 0 Å². The quantitative estimate of drug-likeness (QED) is 0.615. The zero-order valence-corrected chi connectivity index (χ0v) is 18.7. The predicted octanol–water partition coefficient (Wildman–Crippen LogP) is 4.77. The van der Waals surface area contributed by atoms with E-state index in [2.05, 4.69) is 15.2 Å². The number of nitrogens with one attached hydrogen (secondary N) is 1. The fraction of sp³-hybridized carbons (Fsp3) is 0.261. The molecule has 2 aromatic carbocycles. The number of anilines is 1. The van der Waals surface area contributed by atoms with E-state index in [1.807, 2.05) is 24.3 Å². The van der Waals surface area contributed by atoms with Gasteiger partial charge in [0.25, 0.3) is 11.9 Å². The predicted molar refractivity (Wildman–Crippen MR) is 126 cm³/mol. The van der Waals surface area contributed by atoms with E-state index < -0.39 is 12.0 Å². The summed E-state index contributed by atoms with van der Waals surface area (Å²) in [4.78, 5) is 21.8. The van der Waals surface area contributed by atoms with Crippen molar-refractivity contribution in [2.75, 3.05) is 24.8 Å². The summed E-state index contributed by atoms with van der Waals surface area (Å²) in [7, 11) is 1.53. The first-order valence-electron chi connectivity index (χ1n) is 9.60. The summed E-state index contributed by atoms with van der Waals surface area (Å²) in [6, 6.07) is 13.6. The molecule has 0 fully saturated rings. The average Bonchev–Trinajstić information content (AvgIpc) is 2.77. The van der Waals surface area contributed by atoms with Gasteiger partial charge in [-0.15, -0.1) is 11.8 Å². The van der Waals surface area contributed by atoms with Crippen molar-refractivity contribution >= 4 is 40.0 Å². The van der Waals surface area contributed by atoms with Crippen LogP contribution in [0.3, 0.4) is 0 Å². The van der Waals surface area contributed by atoms with Crippen molar-refractivity contribution in [3.63, 3.8) is 0 Å². The molecular weight excluding hydrogens is 434 g/mol. The standard InChI is InChI=1S/C23H22ClN3O3S/c1-14-19(22(29)27-17-10-6-7-11-18(17)30-3)20(15-8-4-5-9-16(15)24)21(25-2)23(26-14)31-13-12-28/h4-11,20-21,28H,12-13H2,1,3H3,(H,27,29). The maximum Gasteiger partial charge on any atom is 0.282 e. The highest BCUT2D eigenvalue weighted by Gasteiger charge is 2.43. The molecule has 160 valence electrons. The van der Waals surface area contributed by atoms with Crippen LogP contribution in [-0.4, -0.2) is 41.6 Å². The van der Waals surface area contributed by atoms with Crippen LogP contribution in [0.5, 0.6) is 5.75 Å². The number of ether oxygens (including phenoxy) is 1. The number of aliphatic hydroxyl groups excluding tert-OH is 1. The number of allylic oxidation sites excluding steroid dienone is 1. The number of para-hydroxylation sites is 2. The summed E-state index contributed by atoms with van der Waals surface area (Å²) >= 11 is 7.81. The number of hydrogen-bond acceptors (Lipinski definition) is 5. The topological polar surface area (TPSA) is 75.3 Å². The Morgan fingerprint density at radius 2 is 2.00 bits per heavy atom. The number of aliphatic hydroxyl groups is 1. The van der Waals surface area contributed by atoms with Gasteiger partial charge in [0.1, 0.15) is 5.75 Å². The van der Waals surface area contributed by atoms with Crippen LogP contribution in [0.2, 0.25) is 5.02 Å². The van der Waals surface area contributed by atoms with Gasteiger partial charge in [-0.05, 0) is 30.7 Å². The first-order chi connectivity index (χ1) is 15.0. The summed E-state index contributed by atoms with van der Waals surface area (Å²) in [6.45, 7) is 9.56. The molecule has 0 radical (unpaired) electrons. The van der Waals surface area contributed by atoms with E-state index in [-0.39, 0.29) is 12.5 Å². The number of aliphatic imine (C=N–C) groups is 1. The Kier molecular flexibility index (Phi) is 7.75. The number of amides is 1. The van der Waals surface area contributed by atoms with Crippen molar-refractivity contribution in [2.24, 2.45) is 4.99 Å². The first-order valence-corrected chi connectivity index (χ1v) is 11.0. The summed E-state index contributed by atoms with van der Waals surface area (Å²) in [5, 5.41) is 13.2. The van der Waals surface area contributed by atoms with Crippen molar-refractivity contribution in [3.8, 4) is 5.75 Å². The highest BCUT2D eigenvalue weighted by molar-refractivity contribution is 8.14. The smallest absolute Gasteiger partial charge is 0.282 e. The minimum atomic E-state index is -0.724. The molecule has 3 rings (SSSR count). The number of carbonyl (C=O) groups excluding carboxylic acids is 1. The molecule has 2 unspecified atom stereocenters. The van der Waals surface area contributed by atoms with Crippen molar-refractivity contribution in [1.29, 1.82) is 0 Å². The van der Waals surface area contributed by atoms with Gasteiger partial charge < -0.3 is 20.0 Å². The van der Waals surface area contributed by atoms with Gasteiger partial charge in [-0.3, -0.25) is 4.79 Å². The number of carbonyl (C=O) groups is 1. The molecule has 6 nitrogen and oxygen atoms in total. The van der Waals surface area contributed by atoms with E-state index in [9.17, 15) is 9.90 Å². The van der Waals surface area contributed by atoms with E-state index in [4.69, 9.17) is 22.9 Å². The lowest BCUT2D eigenvalue weighted by molar-refractivity contribution is -0.113. The van der Waals surface area contributed by atoms with Gasteiger partial charge in [-0.25, -0.2) is 11.6 Å². The van der Waals surface area contributed by atoms with Crippen LogP contribution in [0.4, 0.5) is 5.69 Å². The highest BCUT2D eigenvalue weighted by atomic mass is 35.5. The molecule has 0 aliphatic carbocycles. The van der Waals surface area contributed by atoms with Gasteiger partial charge in [0, 0.05) is 16.5 Å². The Bertz CT molecular complexity index is 1080. The molecule has 8 heteroatoms. The first kappa shape index (κ1) is 22.9. The minimum absolute atomic E-state index is 0.0327. The molecular formula is C23H22ClN3O3S. The van der Waals surface area contributed by atoms with Crippen molar-refractivity contribution in [3.05, 3.63) is 81.8 Å². The van der Waals surface area contributed by atoms with Crippen molar-refractivity contribution in [2.45, 2.75) is 18.9 Å². The largest absolute Gasteiger partial charge is 0.495 e. The van der Waals surface area contributed by atoms with Crippen LogP contribution in [0.1, 0.15) is 18.4 Å². The molecule has 2 aromatic rings. The van der Waals surface area contributed by atoms with Gasteiger partial charge in [0.15, 0.2) is 5.04 Å². The summed E-state index contributed by atoms with van der Waals surface area (Å²) < 4.78 is 5.34. The lowest BCUT2D eigenvalue weighted by Crippen LogP contribution is -2.34. The number of hydrogen-bond donors (Lipinski definition) is 2. The number of nitrogens with zero attached hydrogens (tertiary/aromatic N) is 2. The minimum Gasteiger partial charge on any atom is -0.495 e. The molecule has 31 heavy (non-hydrogen) atoms. The van der Waals surface area contributed by atoms with Crippen LogP contribution in [0.15, 0.2) is 64.8 Å². The molecule has 0 aromatic heterocycles. The monoisotopic (exact) mass is 455 g/mol. The second-order valence-corrected chi connectivity index (χ2v) is 8.27. The zero-order chi connectivity index (χ0) is 22.4. The van der Waals surface area contributed by atoms with Gasteiger partial charge in [0.2, 0.25) is 0 Å². The number of benzene rings is 2. The normalized spacial score (nSPS) is 18.2. The van der Waals surface area contributed by atoms with Gasteiger partial charge in [-0.1, -0.05) is 41.9 Å². The Morgan fingerprint density at radius 1 is 1.29 bits per heavy atom. The zero-order valence-electron chi connectivity index (χ0n) is 17.1. The molecule has 0 saturated heterocycles. The second kappa shape index (κ2) is 10.5. The Hall–Kier alpha value is -2.79. The molecule has 2 atom stereocenters. The number of methoxy groups -OCH3 is 1. The molecule has 1 aliphatic rings. The summed E-state index contributed by atoms with van der Waals surface area (Å²) in [6.07, 6.45) is 0. The van der Waals surface area contributed by atoms with E-state index in [1.165, 1.54) is 18.9 Å². The molecule has 1 amide bonds. The molecule has 2 N–H and O–H groups in total. The number of rotatable bonds is 6. The fourth-order valence-corrected chi connectivity index (χ4v) is 4.63. The summed E-state index contributed by atoms with van der Waals surface area (Å²) in [5.74, 6) is -0.0189. The molecule has 1 aliphatic heterocycles. The third-order valence-electron chi connectivity index (χ3n) is 4.87. The summed E-state index contributed by atoms with van der Waals surface area (Å²) in [5.41, 5.74) is 2.11. The van der Waals surface area contributed by atoms with Gasteiger partial charge in [0.05, 0.1) is 30.9 Å². The van der Waals surface area contributed by atoms with Crippen LogP contribution in [-0.2, 0) is 4.79 Å². The number of halogens is 1. The van der Waals surface area contributed by atoms with E-state index >= 15 is 0 Å². The highest BCUT2D eigenvalue weighted by Crippen LogP contribution is 2.42. The van der Waals surface area contributed by atoms with Gasteiger partial charge >= 0.3 is 0 Å². The van der Waals surface area contributed by atoms with Crippen LogP contribution < -0.4 is 10.1 Å². The lowest BCUT2D eigenvalue weighted by Gasteiger charge is -2.28. The van der Waals surface area contributed by atoms with Crippen molar-refractivity contribution in [1.82, 2.24) is 0 Å². The Morgan fingerprint density at radius 3 is 2.68 bits per heavy atom.